The molecule has 0 amide bonds. The van der Waals surface area contributed by atoms with E-state index in [1.807, 2.05) is 42.5 Å². The van der Waals surface area contributed by atoms with Crippen LogP contribution in [0.25, 0.3) is 0 Å². The van der Waals surface area contributed by atoms with Crippen molar-refractivity contribution in [1.29, 1.82) is 0 Å². The highest BCUT2D eigenvalue weighted by Gasteiger charge is 2.54. The van der Waals surface area contributed by atoms with Crippen molar-refractivity contribution in [3.8, 4) is 5.75 Å². The fourth-order valence-electron chi connectivity index (χ4n) is 3.73. The molecule has 6 heteroatoms. The van der Waals surface area contributed by atoms with Crippen molar-refractivity contribution >= 4 is 11.9 Å². The van der Waals surface area contributed by atoms with E-state index in [4.69, 9.17) is 18.9 Å². The van der Waals surface area contributed by atoms with E-state index >= 15 is 0 Å². The molecule has 0 aliphatic carbocycles. The van der Waals surface area contributed by atoms with E-state index in [1.165, 1.54) is 0 Å². The number of carbonyl (C=O) groups excluding carboxylic acids is 2. The summed E-state index contributed by atoms with van der Waals surface area (Å²) in [7, 11) is 1.59. The van der Waals surface area contributed by atoms with Crippen molar-refractivity contribution in [2.24, 2.45) is 11.8 Å². The van der Waals surface area contributed by atoms with Gasteiger partial charge in [0.1, 0.15) is 17.6 Å². The Hall–Kier alpha value is -2.86. The summed E-state index contributed by atoms with van der Waals surface area (Å²) in [6, 6.07) is 16.7. The topological polar surface area (TPSA) is 71.1 Å². The van der Waals surface area contributed by atoms with Gasteiger partial charge in [0, 0.05) is 0 Å². The Morgan fingerprint density at radius 2 is 1.28 bits per heavy atom. The smallest absolute Gasteiger partial charge is 0.312 e. The molecular weight excluding hydrogens is 372 g/mol. The van der Waals surface area contributed by atoms with E-state index in [1.54, 1.807) is 33.1 Å². The summed E-state index contributed by atoms with van der Waals surface area (Å²) >= 11 is 0. The largest absolute Gasteiger partial charge is 0.497 e. The lowest BCUT2D eigenvalue weighted by molar-refractivity contribution is -0.159. The lowest BCUT2D eigenvalue weighted by Gasteiger charge is -2.21. The first kappa shape index (κ1) is 20.9. The van der Waals surface area contributed by atoms with Gasteiger partial charge in [0.05, 0.1) is 32.5 Å². The summed E-state index contributed by atoms with van der Waals surface area (Å²) in [5.74, 6) is -1.85. The zero-order valence-electron chi connectivity index (χ0n) is 16.9. The van der Waals surface area contributed by atoms with Crippen molar-refractivity contribution in [2.45, 2.75) is 26.1 Å². The van der Waals surface area contributed by atoms with Gasteiger partial charge in [-0.25, -0.2) is 0 Å². The molecule has 0 spiro atoms. The normalized spacial score (nSPS) is 23.4. The summed E-state index contributed by atoms with van der Waals surface area (Å²) in [5.41, 5.74) is 1.59. The molecule has 2 aromatic carbocycles. The van der Waals surface area contributed by atoms with E-state index in [2.05, 4.69) is 0 Å². The number of rotatable bonds is 7. The van der Waals surface area contributed by atoms with E-state index in [0.29, 0.717) is 5.75 Å². The third-order valence-corrected chi connectivity index (χ3v) is 5.02. The van der Waals surface area contributed by atoms with E-state index in [-0.39, 0.29) is 13.2 Å². The molecule has 1 fully saturated rings. The van der Waals surface area contributed by atoms with Crippen molar-refractivity contribution in [3.63, 3.8) is 0 Å². The molecule has 0 unspecified atom stereocenters. The molecule has 1 saturated heterocycles. The minimum atomic E-state index is -0.812. The summed E-state index contributed by atoms with van der Waals surface area (Å²) < 4.78 is 22.2. The molecule has 0 bridgehead atoms. The lowest BCUT2D eigenvalue weighted by Crippen LogP contribution is -2.33. The number of benzene rings is 2. The second-order valence-corrected chi connectivity index (χ2v) is 6.72. The van der Waals surface area contributed by atoms with Crippen LogP contribution in [0.2, 0.25) is 0 Å². The number of carbonyl (C=O) groups is 2. The quantitative estimate of drug-likeness (QED) is 0.660. The monoisotopic (exact) mass is 398 g/mol. The van der Waals surface area contributed by atoms with Gasteiger partial charge in [-0.15, -0.1) is 0 Å². The van der Waals surface area contributed by atoms with Crippen molar-refractivity contribution < 1.29 is 28.5 Å². The predicted molar refractivity (Wildman–Crippen MR) is 106 cm³/mol. The number of methoxy groups -OCH3 is 1. The van der Waals surface area contributed by atoms with Gasteiger partial charge in [-0.05, 0) is 37.1 Å². The number of hydrogen-bond acceptors (Lipinski definition) is 6. The highest BCUT2D eigenvalue weighted by Crippen LogP contribution is 2.50. The molecule has 0 radical (unpaired) electrons. The van der Waals surface area contributed by atoms with Crippen LogP contribution in [0, 0.1) is 11.8 Å². The fraction of sp³-hybridized carbons (Fsp3) is 0.391. The highest BCUT2D eigenvalue weighted by atomic mass is 16.6. The zero-order chi connectivity index (χ0) is 20.8. The van der Waals surface area contributed by atoms with Crippen LogP contribution in [0.1, 0.15) is 37.2 Å². The van der Waals surface area contributed by atoms with Gasteiger partial charge >= 0.3 is 11.9 Å². The van der Waals surface area contributed by atoms with Crippen LogP contribution in [0.3, 0.4) is 0 Å². The summed E-state index contributed by atoms with van der Waals surface area (Å²) in [5, 5.41) is 0. The molecule has 4 atom stereocenters. The van der Waals surface area contributed by atoms with E-state index in [0.717, 1.165) is 11.1 Å². The zero-order valence-corrected chi connectivity index (χ0v) is 16.9. The Bertz CT molecular complexity index is 817. The third-order valence-electron chi connectivity index (χ3n) is 5.02. The molecule has 1 aliphatic rings. The van der Waals surface area contributed by atoms with Crippen LogP contribution < -0.4 is 4.74 Å². The standard InChI is InChI=1S/C23H26O6/c1-4-27-22(24)18-19(23(25)28-5-2)21(16-11-13-17(26-3)14-12-16)29-20(18)15-9-7-6-8-10-15/h6-14,18-21H,4-5H2,1-3H3/t18-,19+,20-,21+/m1/s1. The van der Waals surface area contributed by atoms with Gasteiger partial charge < -0.3 is 18.9 Å². The second-order valence-electron chi connectivity index (χ2n) is 6.72. The molecule has 0 aromatic heterocycles. The highest BCUT2D eigenvalue weighted by molar-refractivity contribution is 5.84. The van der Waals surface area contributed by atoms with Gasteiger partial charge in [-0.2, -0.15) is 0 Å². The van der Waals surface area contributed by atoms with Crippen LogP contribution in [-0.2, 0) is 23.8 Å². The first-order valence-corrected chi connectivity index (χ1v) is 9.78. The number of ether oxygens (including phenoxy) is 4. The molecule has 3 rings (SSSR count). The van der Waals surface area contributed by atoms with Gasteiger partial charge in [-0.3, -0.25) is 9.59 Å². The summed E-state index contributed by atoms with van der Waals surface area (Å²) in [6.07, 6.45) is -1.25. The molecule has 0 N–H and O–H groups in total. The van der Waals surface area contributed by atoms with Crippen LogP contribution in [-0.4, -0.2) is 32.3 Å². The van der Waals surface area contributed by atoms with Gasteiger partial charge in [-0.1, -0.05) is 42.5 Å². The van der Waals surface area contributed by atoms with Crippen molar-refractivity contribution in [3.05, 3.63) is 65.7 Å². The number of esters is 2. The predicted octanol–water partition coefficient (Wildman–Crippen LogP) is 3.87. The van der Waals surface area contributed by atoms with Crippen LogP contribution in [0.5, 0.6) is 5.75 Å². The Kier molecular flexibility index (Phi) is 6.88. The summed E-state index contributed by atoms with van der Waals surface area (Å²) in [4.78, 5) is 25.8. The Morgan fingerprint density at radius 1 is 0.793 bits per heavy atom. The van der Waals surface area contributed by atoms with Crippen molar-refractivity contribution in [2.75, 3.05) is 20.3 Å². The maximum absolute atomic E-state index is 12.9. The Morgan fingerprint density at radius 3 is 1.72 bits per heavy atom. The maximum Gasteiger partial charge on any atom is 0.312 e. The first-order chi connectivity index (χ1) is 14.1. The third kappa shape index (κ3) is 4.43. The Balaban J connectivity index is 2.05. The summed E-state index contributed by atoms with van der Waals surface area (Å²) in [6.45, 7) is 3.92. The second kappa shape index (κ2) is 9.56. The first-order valence-electron chi connectivity index (χ1n) is 9.78. The van der Waals surface area contributed by atoms with Crippen molar-refractivity contribution in [1.82, 2.24) is 0 Å². The van der Waals surface area contributed by atoms with Gasteiger partial charge in [0.15, 0.2) is 0 Å². The number of hydrogen-bond donors (Lipinski definition) is 0. The average Bonchev–Trinajstić information content (AvgIpc) is 3.16. The molecule has 2 aromatic rings. The lowest BCUT2D eigenvalue weighted by atomic mass is 9.82. The molecule has 1 aliphatic heterocycles. The van der Waals surface area contributed by atoms with E-state index < -0.39 is 36.0 Å². The average molecular weight is 398 g/mol. The van der Waals surface area contributed by atoms with Crippen LogP contribution >= 0.6 is 0 Å². The molecule has 29 heavy (non-hydrogen) atoms. The Labute approximate surface area is 170 Å². The van der Waals surface area contributed by atoms with Gasteiger partial charge in [0.25, 0.3) is 0 Å². The fourth-order valence-corrected chi connectivity index (χ4v) is 3.73. The van der Waals surface area contributed by atoms with E-state index in [9.17, 15) is 9.59 Å². The maximum atomic E-state index is 12.9. The minimum Gasteiger partial charge on any atom is -0.497 e. The minimum absolute atomic E-state index is 0.218. The van der Waals surface area contributed by atoms with Crippen LogP contribution in [0.15, 0.2) is 54.6 Å². The molecular formula is C23H26O6. The molecule has 6 nitrogen and oxygen atoms in total. The van der Waals surface area contributed by atoms with Crippen LogP contribution in [0.4, 0.5) is 0 Å². The molecule has 1 heterocycles. The molecule has 154 valence electrons. The molecule has 0 saturated carbocycles. The van der Waals surface area contributed by atoms with Gasteiger partial charge in [0.2, 0.25) is 0 Å². The SMILES string of the molecule is CCOC(=O)[C@@H]1[C@H](C(=O)OCC)[C@H](c2ccc(OC)cc2)O[C@@H]1c1ccccc1.